The second kappa shape index (κ2) is 7.00. The zero-order valence-corrected chi connectivity index (χ0v) is 15.6. The van der Waals surface area contributed by atoms with Crippen molar-refractivity contribution < 1.29 is 9.90 Å². The minimum atomic E-state index is -0.423. The number of aromatic nitrogens is 1. The molecule has 0 spiro atoms. The van der Waals surface area contributed by atoms with Crippen molar-refractivity contribution in [1.29, 1.82) is 0 Å². The minimum absolute atomic E-state index is 0.0425. The number of benzene rings is 2. The topological polar surface area (TPSA) is 56.7 Å². The van der Waals surface area contributed by atoms with Gasteiger partial charge in [0, 0.05) is 44.5 Å². The number of anilines is 1. The van der Waals surface area contributed by atoms with Crippen LogP contribution in [0.4, 0.5) is 5.69 Å². The summed E-state index contributed by atoms with van der Waals surface area (Å²) in [7, 11) is 4.04. The first-order chi connectivity index (χ1) is 13.0. The molecular formula is C22H23N3O2. The van der Waals surface area contributed by atoms with Crippen LogP contribution in [0.5, 0.6) is 0 Å². The second-order valence-corrected chi connectivity index (χ2v) is 7.23. The molecule has 5 nitrogen and oxygen atoms in total. The van der Waals surface area contributed by atoms with Crippen molar-refractivity contribution in [3.05, 3.63) is 60.3 Å². The monoisotopic (exact) mass is 361 g/mol. The van der Waals surface area contributed by atoms with Crippen LogP contribution in [0.3, 0.4) is 0 Å². The number of rotatable bonds is 3. The van der Waals surface area contributed by atoms with E-state index in [1.54, 1.807) is 17.2 Å². The number of amides is 1. The van der Waals surface area contributed by atoms with Crippen LogP contribution in [0.15, 0.2) is 54.7 Å². The van der Waals surface area contributed by atoms with Crippen molar-refractivity contribution in [2.24, 2.45) is 0 Å². The SMILES string of the molecule is CN(C)c1ccc(-c2ccc3nccc(C(=O)N4CC[C@H](O)C4)c3c2)cc1. The molecule has 2 heterocycles. The van der Waals surface area contributed by atoms with Gasteiger partial charge in [0.15, 0.2) is 0 Å². The first-order valence-electron chi connectivity index (χ1n) is 9.17. The molecule has 3 aromatic rings. The van der Waals surface area contributed by atoms with Crippen molar-refractivity contribution in [1.82, 2.24) is 9.88 Å². The molecule has 138 valence electrons. The molecule has 0 radical (unpaired) electrons. The van der Waals surface area contributed by atoms with Crippen LogP contribution in [0.25, 0.3) is 22.0 Å². The lowest BCUT2D eigenvalue weighted by atomic mass is 10.00. The van der Waals surface area contributed by atoms with Crippen molar-refractivity contribution in [2.45, 2.75) is 12.5 Å². The van der Waals surface area contributed by atoms with Gasteiger partial charge in [0.05, 0.1) is 17.2 Å². The van der Waals surface area contributed by atoms with Crippen LogP contribution in [0.1, 0.15) is 16.8 Å². The van der Waals surface area contributed by atoms with Gasteiger partial charge in [0.1, 0.15) is 0 Å². The highest BCUT2D eigenvalue weighted by atomic mass is 16.3. The highest BCUT2D eigenvalue weighted by Crippen LogP contribution is 2.28. The Morgan fingerprint density at radius 1 is 1.11 bits per heavy atom. The Kier molecular flexibility index (Phi) is 4.54. The first-order valence-corrected chi connectivity index (χ1v) is 9.17. The number of likely N-dealkylation sites (tertiary alicyclic amines) is 1. The molecular weight excluding hydrogens is 338 g/mol. The number of β-amino-alcohol motifs (C(OH)–C–C–N with tert-alkyl or cyclic N) is 1. The molecule has 2 aromatic carbocycles. The van der Waals surface area contributed by atoms with Gasteiger partial charge in [-0.3, -0.25) is 9.78 Å². The summed E-state index contributed by atoms with van der Waals surface area (Å²) in [5.74, 6) is -0.0425. The number of aliphatic hydroxyl groups excluding tert-OH is 1. The predicted octanol–water partition coefficient (Wildman–Crippen LogP) is 3.17. The summed E-state index contributed by atoms with van der Waals surface area (Å²) in [6, 6.07) is 16.1. The molecule has 1 aliphatic heterocycles. The Bertz CT molecular complexity index is 983. The Balaban J connectivity index is 1.74. The number of carbonyl (C=O) groups excluding carboxylic acids is 1. The van der Waals surface area contributed by atoms with Gasteiger partial charge in [0.25, 0.3) is 5.91 Å². The number of fused-ring (bicyclic) bond motifs is 1. The van der Waals surface area contributed by atoms with Crippen LogP contribution in [0, 0.1) is 0 Å². The summed E-state index contributed by atoms with van der Waals surface area (Å²) in [5, 5.41) is 10.6. The molecule has 5 heteroatoms. The van der Waals surface area contributed by atoms with E-state index in [0.29, 0.717) is 25.1 Å². The van der Waals surface area contributed by atoms with Gasteiger partial charge < -0.3 is 14.9 Å². The molecule has 1 aliphatic rings. The quantitative estimate of drug-likeness (QED) is 0.778. The number of aliphatic hydroxyl groups is 1. The fraction of sp³-hybridized carbons (Fsp3) is 0.273. The lowest BCUT2D eigenvalue weighted by Gasteiger charge is -2.17. The third-order valence-corrected chi connectivity index (χ3v) is 5.14. The molecule has 0 unspecified atom stereocenters. The van der Waals surface area contributed by atoms with Crippen molar-refractivity contribution >= 4 is 22.5 Å². The summed E-state index contributed by atoms with van der Waals surface area (Å²) in [6.07, 6.45) is 1.89. The molecule has 1 saturated heterocycles. The van der Waals surface area contributed by atoms with Crippen LogP contribution in [-0.4, -0.2) is 54.2 Å². The number of hydrogen-bond acceptors (Lipinski definition) is 4. The van der Waals surface area contributed by atoms with Crippen LogP contribution in [-0.2, 0) is 0 Å². The molecule has 1 fully saturated rings. The van der Waals surface area contributed by atoms with E-state index < -0.39 is 6.10 Å². The maximum absolute atomic E-state index is 13.0. The predicted molar refractivity (Wildman–Crippen MR) is 108 cm³/mol. The Hall–Kier alpha value is -2.92. The summed E-state index contributed by atoms with van der Waals surface area (Å²) < 4.78 is 0. The Morgan fingerprint density at radius 3 is 2.52 bits per heavy atom. The van der Waals surface area contributed by atoms with E-state index in [9.17, 15) is 9.90 Å². The maximum Gasteiger partial charge on any atom is 0.254 e. The molecule has 1 N–H and O–H groups in total. The maximum atomic E-state index is 13.0. The zero-order valence-electron chi connectivity index (χ0n) is 15.6. The molecule has 1 amide bonds. The summed E-state index contributed by atoms with van der Waals surface area (Å²) in [4.78, 5) is 21.2. The Morgan fingerprint density at radius 2 is 1.85 bits per heavy atom. The van der Waals surface area contributed by atoms with Crippen LogP contribution >= 0.6 is 0 Å². The van der Waals surface area contributed by atoms with Crippen molar-refractivity contribution in [3.8, 4) is 11.1 Å². The van der Waals surface area contributed by atoms with Gasteiger partial charge in [-0.1, -0.05) is 18.2 Å². The highest BCUT2D eigenvalue weighted by molar-refractivity contribution is 6.07. The number of carbonyl (C=O) groups is 1. The average molecular weight is 361 g/mol. The summed E-state index contributed by atoms with van der Waals surface area (Å²) in [5.41, 5.74) is 4.73. The van der Waals surface area contributed by atoms with Crippen molar-refractivity contribution in [2.75, 3.05) is 32.1 Å². The zero-order chi connectivity index (χ0) is 19.0. The number of hydrogen-bond donors (Lipinski definition) is 1. The van der Waals surface area contributed by atoms with Crippen molar-refractivity contribution in [3.63, 3.8) is 0 Å². The fourth-order valence-corrected chi connectivity index (χ4v) is 3.56. The molecule has 0 aliphatic carbocycles. The van der Waals surface area contributed by atoms with Gasteiger partial charge in [0.2, 0.25) is 0 Å². The summed E-state index contributed by atoms with van der Waals surface area (Å²) in [6.45, 7) is 0.990. The fourth-order valence-electron chi connectivity index (χ4n) is 3.56. The van der Waals surface area contributed by atoms with Gasteiger partial charge in [-0.15, -0.1) is 0 Å². The highest BCUT2D eigenvalue weighted by Gasteiger charge is 2.26. The van der Waals surface area contributed by atoms with E-state index in [4.69, 9.17) is 0 Å². The molecule has 0 saturated carbocycles. The molecule has 4 rings (SSSR count). The van der Waals surface area contributed by atoms with E-state index >= 15 is 0 Å². The van der Waals surface area contributed by atoms with Gasteiger partial charge >= 0.3 is 0 Å². The number of nitrogens with zero attached hydrogens (tertiary/aromatic N) is 3. The second-order valence-electron chi connectivity index (χ2n) is 7.23. The van der Waals surface area contributed by atoms with E-state index in [1.807, 2.05) is 32.3 Å². The molecule has 27 heavy (non-hydrogen) atoms. The Labute approximate surface area is 158 Å². The lowest BCUT2D eigenvalue weighted by Crippen LogP contribution is -2.29. The lowest BCUT2D eigenvalue weighted by molar-refractivity contribution is 0.0767. The van der Waals surface area contributed by atoms with Gasteiger partial charge in [-0.25, -0.2) is 0 Å². The molecule has 0 bridgehead atoms. The van der Waals surface area contributed by atoms with Crippen LogP contribution < -0.4 is 4.90 Å². The van der Waals surface area contributed by atoms with E-state index in [0.717, 1.165) is 27.7 Å². The number of pyridine rings is 1. The third kappa shape index (κ3) is 3.38. The normalized spacial score (nSPS) is 16.7. The first kappa shape index (κ1) is 17.5. The third-order valence-electron chi connectivity index (χ3n) is 5.14. The van der Waals surface area contributed by atoms with E-state index in [2.05, 4.69) is 34.1 Å². The van der Waals surface area contributed by atoms with Crippen LogP contribution in [0.2, 0.25) is 0 Å². The van der Waals surface area contributed by atoms with Gasteiger partial charge in [-0.05, 0) is 47.9 Å². The van der Waals surface area contributed by atoms with E-state index in [1.165, 1.54) is 0 Å². The standard InChI is InChI=1S/C22H23N3O2/c1-24(2)17-6-3-15(4-7-17)16-5-8-21-20(13-16)19(9-11-23-21)22(27)25-12-10-18(26)14-25/h3-9,11,13,18,26H,10,12,14H2,1-2H3/t18-/m0/s1. The molecule has 1 aromatic heterocycles. The van der Waals surface area contributed by atoms with E-state index in [-0.39, 0.29) is 5.91 Å². The molecule has 1 atom stereocenters. The largest absolute Gasteiger partial charge is 0.391 e. The van der Waals surface area contributed by atoms with Gasteiger partial charge in [-0.2, -0.15) is 0 Å². The smallest absolute Gasteiger partial charge is 0.254 e. The average Bonchev–Trinajstić information content (AvgIpc) is 3.13. The minimum Gasteiger partial charge on any atom is -0.391 e. The summed E-state index contributed by atoms with van der Waals surface area (Å²) >= 11 is 0.